The van der Waals surface area contributed by atoms with Crippen LogP contribution in [0, 0.1) is 11.8 Å². The maximum Gasteiger partial charge on any atom is 0.148 e. The van der Waals surface area contributed by atoms with Crippen molar-refractivity contribution in [3.8, 4) is 0 Å². The maximum atomic E-state index is 5.92. The average Bonchev–Trinajstić information content (AvgIpc) is 2.82. The van der Waals surface area contributed by atoms with E-state index in [1.165, 1.54) is 36.9 Å². The number of hydrogen-bond acceptors (Lipinski definition) is 2. The molecular formula is C13H23N3. The number of anilines is 1. The van der Waals surface area contributed by atoms with Gasteiger partial charge in [-0.15, -0.1) is 0 Å². The molecule has 3 nitrogen and oxygen atoms in total. The lowest BCUT2D eigenvalue weighted by Crippen LogP contribution is -2.05. The third-order valence-electron chi connectivity index (χ3n) is 3.56. The molecule has 16 heavy (non-hydrogen) atoms. The molecule has 1 aliphatic rings. The van der Waals surface area contributed by atoms with Crippen LogP contribution in [-0.4, -0.2) is 10.2 Å². The van der Waals surface area contributed by atoms with Gasteiger partial charge in [-0.1, -0.05) is 39.5 Å². The Morgan fingerprint density at radius 1 is 1.38 bits per heavy atom. The molecule has 0 radical (unpaired) electrons. The summed E-state index contributed by atoms with van der Waals surface area (Å²) in [4.78, 5) is 0. The van der Waals surface area contributed by atoms with Crippen LogP contribution in [0.15, 0.2) is 0 Å². The number of rotatable bonds is 4. The summed E-state index contributed by atoms with van der Waals surface area (Å²) in [5.74, 6) is 2.20. The minimum Gasteiger partial charge on any atom is -0.382 e. The SMILES string of the molecule is CC(C)Cc1c(N)n[nH]c1CC1CCCC1. The molecule has 3 heteroatoms. The molecule has 1 saturated carbocycles. The smallest absolute Gasteiger partial charge is 0.148 e. The normalized spacial score (nSPS) is 17.4. The zero-order valence-corrected chi connectivity index (χ0v) is 10.4. The summed E-state index contributed by atoms with van der Waals surface area (Å²) < 4.78 is 0. The first kappa shape index (κ1) is 11.5. The van der Waals surface area contributed by atoms with E-state index in [2.05, 4.69) is 24.0 Å². The van der Waals surface area contributed by atoms with E-state index in [9.17, 15) is 0 Å². The zero-order valence-electron chi connectivity index (χ0n) is 10.4. The van der Waals surface area contributed by atoms with Crippen LogP contribution < -0.4 is 5.73 Å². The number of nitrogens with one attached hydrogen (secondary N) is 1. The first-order valence-electron chi connectivity index (χ1n) is 6.48. The minimum absolute atomic E-state index is 0.641. The largest absolute Gasteiger partial charge is 0.382 e. The number of H-pyrrole nitrogens is 1. The molecule has 0 aromatic carbocycles. The molecule has 0 spiro atoms. The number of aromatic nitrogens is 2. The minimum atomic E-state index is 0.641. The highest BCUT2D eigenvalue weighted by molar-refractivity contribution is 5.42. The lowest BCUT2D eigenvalue weighted by atomic mass is 9.95. The van der Waals surface area contributed by atoms with Crippen LogP contribution in [0.1, 0.15) is 50.8 Å². The number of nitrogen functional groups attached to an aromatic ring is 1. The second kappa shape index (κ2) is 4.89. The van der Waals surface area contributed by atoms with Crippen molar-refractivity contribution in [3.05, 3.63) is 11.3 Å². The molecule has 1 heterocycles. The predicted octanol–water partition coefficient (Wildman–Crippen LogP) is 2.92. The summed E-state index contributed by atoms with van der Waals surface area (Å²) in [6.45, 7) is 4.46. The van der Waals surface area contributed by atoms with E-state index in [1.807, 2.05) is 0 Å². The average molecular weight is 221 g/mol. The lowest BCUT2D eigenvalue weighted by Gasteiger charge is -2.10. The zero-order chi connectivity index (χ0) is 11.5. The van der Waals surface area contributed by atoms with Gasteiger partial charge in [0.25, 0.3) is 0 Å². The van der Waals surface area contributed by atoms with Crippen LogP contribution in [0.5, 0.6) is 0 Å². The van der Waals surface area contributed by atoms with Crippen molar-refractivity contribution in [2.24, 2.45) is 11.8 Å². The Kier molecular flexibility index (Phi) is 3.52. The first-order valence-corrected chi connectivity index (χ1v) is 6.48. The van der Waals surface area contributed by atoms with E-state index in [1.54, 1.807) is 0 Å². The predicted molar refractivity (Wildman–Crippen MR) is 67.2 cm³/mol. The molecule has 2 rings (SSSR count). The maximum absolute atomic E-state index is 5.92. The highest BCUT2D eigenvalue weighted by atomic mass is 15.2. The van der Waals surface area contributed by atoms with Crippen molar-refractivity contribution in [3.63, 3.8) is 0 Å². The van der Waals surface area contributed by atoms with E-state index in [4.69, 9.17) is 5.73 Å². The van der Waals surface area contributed by atoms with E-state index >= 15 is 0 Å². The second-order valence-corrected chi connectivity index (χ2v) is 5.52. The summed E-state index contributed by atoms with van der Waals surface area (Å²) >= 11 is 0. The Morgan fingerprint density at radius 2 is 2.06 bits per heavy atom. The van der Waals surface area contributed by atoms with Crippen LogP contribution in [-0.2, 0) is 12.8 Å². The van der Waals surface area contributed by atoms with Crippen molar-refractivity contribution in [1.29, 1.82) is 0 Å². The lowest BCUT2D eigenvalue weighted by molar-refractivity contribution is 0.532. The van der Waals surface area contributed by atoms with Gasteiger partial charge < -0.3 is 5.73 Å². The van der Waals surface area contributed by atoms with Crippen molar-refractivity contribution < 1.29 is 0 Å². The van der Waals surface area contributed by atoms with Gasteiger partial charge in [-0.25, -0.2) is 0 Å². The van der Waals surface area contributed by atoms with Gasteiger partial charge in [0.1, 0.15) is 5.82 Å². The monoisotopic (exact) mass is 221 g/mol. The van der Waals surface area contributed by atoms with Crippen molar-refractivity contribution in [1.82, 2.24) is 10.2 Å². The molecule has 90 valence electrons. The number of nitrogens with two attached hydrogens (primary N) is 1. The molecular weight excluding hydrogens is 198 g/mol. The van der Waals surface area contributed by atoms with Gasteiger partial charge in [0.05, 0.1) is 0 Å². The van der Waals surface area contributed by atoms with Gasteiger partial charge in [-0.3, -0.25) is 5.10 Å². The van der Waals surface area contributed by atoms with Gasteiger partial charge in [0, 0.05) is 11.3 Å². The molecule has 1 aromatic rings. The van der Waals surface area contributed by atoms with Crippen LogP contribution in [0.3, 0.4) is 0 Å². The summed E-state index contributed by atoms with van der Waals surface area (Å²) in [6, 6.07) is 0. The van der Waals surface area contributed by atoms with E-state index in [0.717, 1.165) is 18.8 Å². The molecule has 0 bridgehead atoms. The fourth-order valence-corrected chi connectivity index (χ4v) is 2.73. The Hall–Kier alpha value is -0.990. The van der Waals surface area contributed by atoms with Gasteiger partial charge in [0.15, 0.2) is 0 Å². The van der Waals surface area contributed by atoms with Crippen molar-refractivity contribution in [2.45, 2.75) is 52.4 Å². The van der Waals surface area contributed by atoms with Crippen LogP contribution >= 0.6 is 0 Å². The van der Waals surface area contributed by atoms with Crippen molar-refractivity contribution >= 4 is 5.82 Å². The third-order valence-corrected chi connectivity index (χ3v) is 3.56. The Labute approximate surface area is 97.8 Å². The fraction of sp³-hybridized carbons (Fsp3) is 0.769. The molecule has 3 N–H and O–H groups in total. The highest BCUT2D eigenvalue weighted by Gasteiger charge is 2.19. The van der Waals surface area contributed by atoms with Gasteiger partial charge in [0.2, 0.25) is 0 Å². The molecule has 1 fully saturated rings. The summed E-state index contributed by atoms with van der Waals surface area (Å²) in [7, 11) is 0. The Balaban J connectivity index is 2.07. The number of aromatic amines is 1. The standard InChI is InChI=1S/C13H23N3/c1-9(2)7-11-12(15-16-13(11)14)8-10-5-3-4-6-10/h9-10H,3-8H2,1-2H3,(H3,14,15,16). The van der Waals surface area contributed by atoms with Crippen molar-refractivity contribution in [2.75, 3.05) is 5.73 Å². The summed E-state index contributed by atoms with van der Waals surface area (Å²) in [6.07, 6.45) is 7.73. The summed E-state index contributed by atoms with van der Waals surface area (Å²) in [5, 5.41) is 7.30. The quantitative estimate of drug-likeness (QED) is 0.821. The van der Waals surface area contributed by atoms with Gasteiger partial charge >= 0.3 is 0 Å². The number of nitrogens with zero attached hydrogens (tertiary/aromatic N) is 1. The van der Waals surface area contributed by atoms with E-state index < -0.39 is 0 Å². The molecule has 0 atom stereocenters. The van der Waals surface area contributed by atoms with Crippen LogP contribution in [0.4, 0.5) is 5.82 Å². The topological polar surface area (TPSA) is 54.7 Å². The second-order valence-electron chi connectivity index (χ2n) is 5.52. The Morgan fingerprint density at radius 3 is 2.69 bits per heavy atom. The fourth-order valence-electron chi connectivity index (χ4n) is 2.73. The van der Waals surface area contributed by atoms with Crippen LogP contribution in [0.2, 0.25) is 0 Å². The van der Waals surface area contributed by atoms with Gasteiger partial charge in [-0.05, 0) is 24.7 Å². The van der Waals surface area contributed by atoms with E-state index in [0.29, 0.717) is 11.7 Å². The highest BCUT2D eigenvalue weighted by Crippen LogP contribution is 2.30. The third kappa shape index (κ3) is 2.57. The first-order chi connectivity index (χ1) is 7.66. The molecule has 0 saturated heterocycles. The summed E-state index contributed by atoms with van der Waals surface area (Å²) in [5.41, 5.74) is 8.48. The molecule has 1 aliphatic carbocycles. The van der Waals surface area contributed by atoms with Gasteiger partial charge in [-0.2, -0.15) is 5.10 Å². The molecule has 0 unspecified atom stereocenters. The molecule has 0 aliphatic heterocycles. The van der Waals surface area contributed by atoms with E-state index in [-0.39, 0.29) is 0 Å². The molecule has 1 aromatic heterocycles. The number of hydrogen-bond donors (Lipinski definition) is 2. The Bertz CT molecular complexity index is 335. The molecule has 0 amide bonds. The van der Waals surface area contributed by atoms with Crippen LogP contribution in [0.25, 0.3) is 0 Å².